The van der Waals surface area contributed by atoms with Crippen LogP contribution in [0.2, 0.25) is 0 Å². The van der Waals surface area contributed by atoms with Crippen molar-refractivity contribution in [1.29, 1.82) is 0 Å². The maximum absolute atomic E-state index is 5.72. The van der Waals surface area contributed by atoms with E-state index in [1.165, 1.54) is 11.8 Å². The third-order valence-electron chi connectivity index (χ3n) is 3.56. The lowest BCUT2D eigenvalue weighted by Gasteiger charge is -2.13. The van der Waals surface area contributed by atoms with E-state index in [9.17, 15) is 0 Å². The van der Waals surface area contributed by atoms with E-state index < -0.39 is 0 Å². The molecule has 3 aromatic rings. The summed E-state index contributed by atoms with van der Waals surface area (Å²) < 4.78 is 23.3. The quantitative estimate of drug-likeness (QED) is 0.430. The Morgan fingerprint density at radius 2 is 1.85 bits per heavy atom. The van der Waals surface area contributed by atoms with Crippen molar-refractivity contribution in [1.82, 2.24) is 10.2 Å². The van der Waals surface area contributed by atoms with Crippen LogP contribution in [-0.2, 0) is 5.75 Å². The predicted molar refractivity (Wildman–Crippen MR) is 103 cm³/mol. The highest BCUT2D eigenvalue weighted by Crippen LogP contribution is 2.37. The summed E-state index contributed by atoms with van der Waals surface area (Å²) in [6.07, 6.45) is 1.61. The number of aromatic nitrogens is 2. The van der Waals surface area contributed by atoms with E-state index in [4.69, 9.17) is 18.3 Å². The van der Waals surface area contributed by atoms with Gasteiger partial charge in [-0.2, -0.15) is 0 Å². The average molecular weight is 439 g/mol. The van der Waals surface area contributed by atoms with Crippen LogP contribution in [0, 0.1) is 6.92 Å². The molecule has 0 saturated heterocycles. The number of aryl methyl sites for hydroxylation is 1. The van der Waals surface area contributed by atoms with E-state index >= 15 is 0 Å². The maximum Gasteiger partial charge on any atom is 0.277 e. The minimum atomic E-state index is 0.458. The minimum Gasteiger partial charge on any atom is -0.490 e. The monoisotopic (exact) mass is 438 g/mol. The zero-order valence-corrected chi connectivity index (χ0v) is 17.1. The Balaban J connectivity index is 1.74. The van der Waals surface area contributed by atoms with Gasteiger partial charge in [0.1, 0.15) is 5.76 Å². The van der Waals surface area contributed by atoms with Crippen molar-refractivity contribution in [2.75, 3.05) is 13.2 Å². The van der Waals surface area contributed by atoms with Crippen LogP contribution in [0.25, 0.3) is 11.5 Å². The van der Waals surface area contributed by atoms with Gasteiger partial charge in [0.05, 0.1) is 25.0 Å². The zero-order valence-electron chi connectivity index (χ0n) is 14.7. The molecule has 0 fully saturated rings. The Labute approximate surface area is 164 Å². The van der Waals surface area contributed by atoms with Crippen molar-refractivity contribution in [2.24, 2.45) is 0 Å². The van der Waals surface area contributed by atoms with Gasteiger partial charge >= 0.3 is 0 Å². The maximum atomic E-state index is 5.72. The number of thioether (sulfide) groups is 1. The lowest BCUT2D eigenvalue weighted by Crippen LogP contribution is -1.99. The molecule has 0 spiro atoms. The molecule has 0 radical (unpaired) electrons. The Bertz CT molecular complexity index is 878. The highest BCUT2D eigenvalue weighted by Gasteiger charge is 2.15. The number of furan rings is 1. The molecule has 2 aromatic heterocycles. The van der Waals surface area contributed by atoms with Crippen molar-refractivity contribution >= 4 is 27.7 Å². The fourth-order valence-electron chi connectivity index (χ4n) is 2.35. The van der Waals surface area contributed by atoms with Gasteiger partial charge in [-0.1, -0.05) is 27.7 Å². The third kappa shape index (κ3) is 4.24. The molecule has 0 amide bonds. The van der Waals surface area contributed by atoms with Crippen molar-refractivity contribution in [2.45, 2.75) is 31.7 Å². The van der Waals surface area contributed by atoms with Gasteiger partial charge in [-0.05, 0) is 44.5 Å². The van der Waals surface area contributed by atoms with Crippen LogP contribution < -0.4 is 9.47 Å². The van der Waals surface area contributed by atoms with Crippen molar-refractivity contribution in [3.63, 3.8) is 0 Å². The molecule has 8 heteroatoms. The molecule has 0 N–H and O–H groups in total. The normalized spacial score (nSPS) is 10.9. The highest BCUT2D eigenvalue weighted by atomic mass is 79.9. The van der Waals surface area contributed by atoms with Gasteiger partial charge in [0.15, 0.2) is 11.5 Å². The Hall–Kier alpha value is -1.93. The fraction of sp³-hybridized carbons (Fsp3) is 0.333. The Morgan fingerprint density at radius 3 is 2.50 bits per heavy atom. The summed E-state index contributed by atoms with van der Waals surface area (Å²) in [6.45, 7) is 6.91. The molecule has 1 aromatic carbocycles. The molecular weight excluding hydrogens is 420 g/mol. The molecule has 0 bridgehead atoms. The lowest BCUT2D eigenvalue weighted by atomic mass is 10.2. The molecule has 0 aliphatic heterocycles. The first-order valence-corrected chi connectivity index (χ1v) is 9.99. The molecule has 2 heterocycles. The van der Waals surface area contributed by atoms with Crippen molar-refractivity contribution in [3.05, 3.63) is 40.3 Å². The van der Waals surface area contributed by atoms with E-state index in [-0.39, 0.29) is 0 Å². The molecular formula is C18H19BrN2O4S. The predicted octanol–water partition coefficient (Wildman–Crippen LogP) is 5.49. The number of hydrogen-bond acceptors (Lipinski definition) is 7. The Kier molecular flexibility index (Phi) is 6.26. The number of rotatable bonds is 8. The van der Waals surface area contributed by atoms with E-state index in [0.29, 0.717) is 30.1 Å². The van der Waals surface area contributed by atoms with Gasteiger partial charge in [0.25, 0.3) is 11.1 Å². The van der Waals surface area contributed by atoms with Crippen molar-refractivity contribution in [3.8, 4) is 23.0 Å². The SMILES string of the molecule is CCOc1cc(Br)c(CSc2nnc(-c3ccoc3C)o2)cc1OCC. The summed E-state index contributed by atoms with van der Waals surface area (Å²) in [4.78, 5) is 0. The van der Waals surface area contributed by atoms with E-state index in [1.807, 2.05) is 39.0 Å². The van der Waals surface area contributed by atoms with Crippen LogP contribution in [0.5, 0.6) is 11.5 Å². The standard InChI is InChI=1S/C18H19BrN2O4S/c1-4-22-15-8-12(14(19)9-16(15)23-5-2)10-26-18-21-20-17(25-18)13-6-7-24-11(13)3/h6-9H,4-5,10H2,1-3H3. The lowest BCUT2D eigenvalue weighted by molar-refractivity contribution is 0.287. The zero-order chi connectivity index (χ0) is 18.5. The molecule has 0 aliphatic rings. The summed E-state index contributed by atoms with van der Waals surface area (Å²) in [7, 11) is 0. The van der Waals surface area contributed by atoms with E-state index in [0.717, 1.165) is 32.9 Å². The Morgan fingerprint density at radius 1 is 1.12 bits per heavy atom. The molecule has 138 valence electrons. The molecule has 0 aliphatic carbocycles. The van der Waals surface area contributed by atoms with Crippen LogP contribution in [0.4, 0.5) is 0 Å². The third-order valence-corrected chi connectivity index (χ3v) is 5.16. The van der Waals surface area contributed by atoms with Gasteiger partial charge in [0, 0.05) is 10.2 Å². The van der Waals surface area contributed by atoms with Gasteiger partial charge < -0.3 is 18.3 Å². The largest absolute Gasteiger partial charge is 0.490 e. The highest BCUT2D eigenvalue weighted by molar-refractivity contribution is 9.10. The van der Waals surface area contributed by atoms with Gasteiger partial charge in [-0.3, -0.25) is 0 Å². The van der Waals surface area contributed by atoms with Crippen LogP contribution in [0.1, 0.15) is 25.2 Å². The summed E-state index contributed by atoms with van der Waals surface area (Å²) in [5.41, 5.74) is 1.87. The second-order valence-electron chi connectivity index (χ2n) is 5.31. The van der Waals surface area contributed by atoms with Gasteiger partial charge in [-0.25, -0.2) is 0 Å². The molecule has 6 nitrogen and oxygen atoms in total. The van der Waals surface area contributed by atoms with Crippen LogP contribution >= 0.6 is 27.7 Å². The molecule has 0 unspecified atom stereocenters. The summed E-state index contributed by atoms with van der Waals surface area (Å²) in [5.74, 6) is 3.32. The van der Waals surface area contributed by atoms with Crippen LogP contribution in [0.15, 0.2) is 43.0 Å². The molecule has 0 atom stereocenters. The number of nitrogens with zero attached hydrogens (tertiary/aromatic N) is 2. The van der Waals surface area contributed by atoms with Gasteiger partial charge in [0.2, 0.25) is 0 Å². The molecule has 26 heavy (non-hydrogen) atoms. The second-order valence-corrected chi connectivity index (χ2v) is 7.09. The summed E-state index contributed by atoms with van der Waals surface area (Å²) in [6, 6.07) is 5.72. The van der Waals surface area contributed by atoms with Crippen LogP contribution in [0.3, 0.4) is 0 Å². The first-order valence-electron chi connectivity index (χ1n) is 8.21. The number of ether oxygens (including phenoxy) is 2. The fourth-order valence-corrected chi connectivity index (χ4v) is 3.75. The van der Waals surface area contributed by atoms with Crippen LogP contribution in [-0.4, -0.2) is 23.4 Å². The summed E-state index contributed by atoms with van der Waals surface area (Å²) in [5, 5.41) is 8.68. The second kappa shape index (κ2) is 8.64. The van der Waals surface area contributed by atoms with Crippen molar-refractivity contribution < 1.29 is 18.3 Å². The number of halogens is 1. The topological polar surface area (TPSA) is 70.5 Å². The smallest absolute Gasteiger partial charge is 0.277 e. The molecule has 0 saturated carbocycles. The minimum absolute atomic E-state index is 0.458. The number of benzene rings is 1. The number of hydrogen-bond donors (Lipinski definition) is 0. The first kappa shape index (κ1) is 18.8. The average Bonchev–Trinajstić information content (AvgIpc) is 3.25. The van der Waals surface area contributed by atoms with E-state index in [1.54, 1.807) is 6.26 Å². The van der Waals surface area contributed by atoms with E-state index in [2.05, 4.69) is 26.1 Å². The van der Waals surface area contributed by atoms with Gasteiger partial charge in [-0.15, -0.1) is 10.2 Å². The molecule has 3 rings (SSSR count). The first-order chi connectivity index (χ1) is 12.6. The summed E-state index contributed by atoms with van der Waals surface area (Å²) >= 11 is 5.05.